The van der Waals surface area contributed by atoms with Crippen molar-refractivity contribution in [1.29, 1.82) is 0 Å². The van der Waals surface area contributed by atoms with Gasteiger partial charge in [-0.1, -0.05) is 0 Å². The smallest absolute Gasteiger partial charge is 0.236 e. The van der Waals surface area contributed by atoms with Crippen molar-refractivity contribution >= 4 is 17.7 Å². The molecular formula is C18H30N6O2. The molecule has 1 aromatic rings. The molecule has 0 spiro atoms. The number of rotatable bonds is 4. The third-order valence-corrected chi connectivity index (χ3v) is 5.15. The number of aliphatic hydroxyl groups is 1. The zero-order valence-electron chi connectivity index (χ0n) is 15.8. The van der Waals surface area contributed by atoms with Crippen molar-refractivity contribution in [3.8, 4) is 0 Å². The molecule has 8 nitrogen and oxygen atoms in total. The van der Waals surface area contributed by atoms with E-state index in [9.17, 15) is 9.90 Å². The largest absolute Gasteiger partial charge is 0.393 e. The lowest BCUT2D eigenvalue weighted by Gasteiger charge is -2.31. The Kier molecular flexibility index (Phi) is 6.26. The lowest BCUT2D eigenvalue weighted by Crippen LogP contribution is -2.39. The first-order valence-corrected chi connectivity index (χ1v) is 9.46. The number of nitrogens with zero attached hydrogens (tertiary/aromatic N) is 6. The fourth-order valence-electron chi connectivity index (χ4n) is 3.42. The van der Waals surface area contributed by atoms with Gasteiger partial charge in [-0.3, -0.25) is 9.69 Å². The monoisotopic (exact) mass is 362 g/mol. The second-order valence-electron chi connectivity index (χ2n) is 7.34. The normalized spacial score (nSPS) is 20.1. The van der Waals surface area contributed by atoms with Gasteiger partial charge in [0.15, 0.2) is 0 Å². The van der Waals surface area contributed by atoms with Gasteiger partial charge in [0.1, 0.15) is 5.82 Å². The summed E-state index contributed by atoms with van der Waals surface area (Å²) in [5, 5.41) is 9.69. The molecule has 0 aliphatic carbocycles. The van der Waals surface area contributed by atoms with E-state index in [1.807, 2.05) is 12.3 Å². The number of carbonyl (C=O) groups is 1. The third-order valence-electron chi connectivity index (χ3n) is 5.15. The lowest BCUT2D eigenvalue weighted by atomic mass is 10.1. The van der Waals surface area contributed by atoms with Crippen LogP contribution in [-0.4, -0.2) is 96.8 Å². The SMILES string of the molecule is CN(C)C(=O)CN1CCCN(c2nccc(N3CCC(O)CC3)n2)CC1. The Balaban J connectivity index is 1.61. The molecule has 2 saturated heterocycles. The Morgan fingerprint density at radius 3 is 2.65 bits per heavy atom. The topological polar surface area (TPSA) is 76.0 Å². The van der Waals surface area contributed by atoms with Crippen LogP contribution in [0.15, 0.2) is 12.3 Å². The van der Waals surface area contributed by atoms with Crippen molar-refractivity contribution in [2.24, 2.45) is 0 Å². The average Bonchev–Trinajstić information content (AvgIpc) is 2.88. The summed E-state index contributed by atoms with van der Waals surface area (Å²) in [5.74, 6) is 1.84. The van der Waals surface area contributed by atoms with Crippen molar-refractivity contribution in [1.82, 2.24) is 19.8 Å². The number of amides is 1. The third kappa shape index (κ3) is 4.82. The summed E-state index contributed by atoms with van der Waals surface area (Å²) in [6, 6.07) is 1.95. The number of hydrogen-bond donors (Lipinski definition) is 1. The predicted molar refractivity (Wildman–Crippen MR) is 101 cm³/mol. The van der Waals surface area contributed by atoms with Gasteiger partial charge in [-0.25, -0.2) is 4.98 Å². The van der Waals surface area contributed by atoms with Crippen LogP contribution in [0.4, 0.5) is 11.8 Å². The van der Waals surface area contributed by atoms with Gasteiger partial charge in [-0.2, -0.15) is 4.98 Å². The number of carbonyl (C=O) groups excluding carboxylic acids is 1. The highest BCUT2D eigenvalue weighted by molar-refractivity contribution is 5.77. The van der Waals surface area contributed by atoms with E-state index in [4.69, 9.17) is 4.98 Å². The minimum Gasteiger partial charge on any atom is -0.393 e. The van der Waals surface area contributed by atoms with E-state index in [0.717, 1.165) is 70.3 Å². The molecule has 8 heteroatoms. The van der Waals surface area contributed by atoms with Crippen LogP contribution in [0.25, 0.3) is 0 Å². The van der Waals surface area contributed by atoms with Gasteiger partial charge < -0.3 is 19.8 Å². The number of piperidine rings is 1. The first kappa shape index (κ1) is 18.8. The average molecular weight is 362 g/mol. The van der Waals surface area contributed by atoms with E-state index >= 15 is 0 Å². The van der Waals surface area contributed by atoms with Crippen LogP contribution in [-0.2, 0) is 4.79 Å². The van der Waals surface area contributed by atoms with Crippen LogP contribution in [0, 0.1) is 0 Å². The number of aliphatic hydroxyl groups excluding tert-OH is 1. The molecule has 2 aliphatic rings. The zero-order chi connectivity index (χ0) is 18.5. The van der Waals surface area contributed by atoms with Crippen LogP contribution in [0.1, 0.15) is 19.3 Å². The first-order valence-electron chi connectivity index (χ1n) is 9.46. The van der Waals surface area contributed by atoms with Crippen LogP contribution >= 0.6 is 0 Å². The molecule has 2 aliphatic heterocycles. The summed E-state index contributed by atoms with van der Waals surface area (Å²) in [7, 11) is 3.59. The standard InChI is InChI=1S/C18H30N6O2/c1-21(2)17(26)14-22-8-3-9-24(13-12-22)18-19-7-4-16(20-18)23-10-5-15(25)6-11-23/h4,7,15,25H,3,5-6,8-14H2,1-2H3. The molecule has 0 unspecified atom stereocenters. The molecule has 3 heterocycles. The van der Waals surface area contributed by atoms with E-state index in [1.54, 1.807) is 19.0 Å². The van der Waals surface area contributed by atoms with Crippen LogP contribution in [0.3, 0.4) is 0 Å². The summed E-state index contributed by atoms with van der Waals surface area (Å²) in [4.78, 5) is 29.5. The van der Waals surface area contributed by atoms with Crippen LogP contribution in [0.5, 0.6) is 0 Å². The molecule has 0 bridgehead atoms. The van der Waals surface area contributed by atoms with Crippen molar-refractivity contribution in [2.45, 2.75) is 25.4 Å². The maximum atomic E-state index is 11.9. The predicted octanol–water partition coefficient (Wildman–Crippen LogP) is 0.0380. The number of hydrogen-bond acceptors (Lipinski definition) is 7. The van der Waals surface area contributed by atoms with E-state index in [2.05, 4.69) is 19.7 Å². The first-order chi connectivity index (χ1) is 12.5. The maximum absolute atomic E-state index is 11.9. The highest BCUT2D eigenvalue weighted by Crippen LogP contribution is 2.20. The molecule has 0 radical (unpaired) electrons. The van der Waals surface area contributed by atoms with Crippen LogP contribution in [0.2, 0.25) is 0 Å². The van der Waals surface area contributed by atoms with E-state index in [0.29, 0.717) is 6.54 Å². The molecule has 144 valence electrons. The van der Waals surface area contributed by atoms with E-state index in [-0.39, 0.29) is 12.0 Å². The number of anilines is 2. The molecule has 26 heavy (non-hydrogen) atoms. The van der Waals surface area contributed by atoms with Gasteiger partial charge in [-0.15, -0.1) is 0 Å². The summed E-state index contributed by atoms with van der Waals surface area (Å²) >= 11 is 0. The fourth-order valence-corrected chi connectivity index (χ4v) is 3.42. The molecule has 1 amide bonds. The summed E-state index contributed by atoms with van der Waals surface area (Å²) in [5.41, 5.74) is 0. The molecule has 2 fully saturated rings. The number of likely N-dealkylation sites (N-methyl/N-ethyl adjacent to an activating group) is 1. The van der Waals surface area contributed by atoms with Gasteiger partial charge in [0.25, 0.3) is 0 Å². The van der Waals surface area contributed by atoms with Gasteiger partial charge in [0.2, 0.25) is 11.9 Å². The van der Waals surface area contributed by atoms with Crippen molar-refractivity contribution in [3.05, 3.63) is 12.3 Å². The molecule has 1 N–H and O–H groups in total. The summed E-state index contributed by atoms with van der Waals surface area (Å²) < 4.78 is 0. The zero-order valence-corrected chi connectivity index (χ0v) is 15.8. The van der Waals surface area contributed by atoms with Crippen molar-refractivity contribution in [3.63, 3.8) is 0 Å². The number of aromatic nitrogens is 2. The van der Waals surface area contributed by atoms with Gasteiger partial charge in [0.05, 0.1) is 12.6 Å². The van der Waals surface area contributed by atoms with Crippen molar-refractivity contribution in [2.75, 3.05) is 69.7 Å². The Bertz CT molecular complexity index is 603. The minimum absolute atomic E-state index is 0.143. The second-order valence-corrected chi connectivity index (χ2v) is 7.34. The lowest BCUT2D eigenvalue weighted by molar-refractivity contribution is -0.129. The maximum Gasteiger partial charge on any atom is 0.236 e. The Labute approximate surface area is 155 Å². The Morgan fingerprint density at radius 2 is 1.92 bits per heavy atom. The van der Waals surface area contributed by atoms with Crippen LogP contribution < -0.4 is 9.80 Å². The highest BCUT2D eigenvalue weighted by atomic mass is 16.3. The molecule has 1 aromatic heterocycles. The molecule has 3 rings (SSSR count). The van der Waals surface area contributed by atoms with Gasteiger partial charge in [-0.05, 0) is 25.3 Å². The Hall–Kier alpha value is -1.93. The molecular weight excluding hydrogens is 332 g/mol. The highest BCUT2D eigenvalue weighted by Gasteiger charge is 2.22. The van der Waals surface area contributed by atoms with Crippen molar-refractivity contribution < 1.29 is 9.90 Å². The van der Waals surface area contributed by atoms with Gasteiger partial charge in [0, 0.05) is 59.6 Å². The minimum atomic E-state index is -0.186. The molecule has 0 aromatic carbocycles. The quantitative estimate of drug-likeness (QED) is 0.810. The van der Waals surface area contributed by atoms with E-state index in [1.165, 1.54) is 0 Å². The Morgan fingerprint density at radius 1 is 1.15 bits per heavy atom. The molecule has 0 atom stereocenters. The van der Waals surface area contributed by atoms with E-state index < -0.39 is 0 Å². The van der Waals surface area contributed by atoms with Gasteiger partial charge >= 0.3 is 0 Å². The molecule has 0 saturated carbocycles. The fraction of sp³-hybridized carbons (Fsp3) is 0.722. The second kappa shape index (κ2) is 8.64. The summed E-state index contributed by atoms with van der Waals surface area (Å²) in [6.07, 6.45) is 4.20. The summed E-state index contributed by atoms with van der Waals surface area (Å²) in [6.45, 7) is 5.61.